The third-order valence-electron chi connectivity index (χ3n) is 6.94. The van der Waals surface area contributed by atoms with E-state index in [-0.39, 0.29) is 29.3 Å². The van der Waals surface area contributed by atoms with Gasteiger partial charge in [0.05, 0.1) is 29.0 Å². The van der Waals surface area contributed by atoms with Gasteiger partial charge < -0.3 is 9.64 Å². The Labute approximate surface area is 212 Å². The molecule has 0 aliphatic carbocycles. The summed E-state index contributed by atoms with van der Waals surface area (Å²) in [5.74, 6) is 0.131. The van der Waals surface area contributed by atoms with Crippen molar-refractivity contribution in [1.29, 1.82) is 0 Å². The number of alkyl halides is 2. The van der Waals surface area contributed by atoms with E-state index in [9.17, 15) is 13.6 Å². The van der Waals surface area contributed by atoms with Crippen LogP contribution in [0.1, 0.15) is 50.4 Å². The maximum atomic E-state index is 13.8. The highest BCUT2D eigenvalue weighted by Crippen LogP contribution is 2.38. The zero-order valence-corrected chi connectivity index (χ0v) is 20.8. The van der Waals surface area contributed by atoms with Gasteiger partial charge in [-0.3, -0.25) is 14.3 Å². The molecular weight excluding hydrogens is 480 g/mol. The van der Waals surface area contributed by atoms with Gasteiger partial charge in [0.15, 0.2) is 0 Å². The molecule has 1 aliphatic heterocycles. The fourth-order valence-corrected chi connectivity index (χ4v) is 4.98. The number of ether oxygens (including phenoxy) is 1. The molecular formula is C26H27F2N7O2. The first-order valence-electron chi connectivity index (χ1n) is 12.0. The van der Waals surface area contributed by atoms with E-state index in [1.54, 1.807) is 29.3 Å². The molecule has 1 saturated heterocycles. The summed E-state index contributed by atoms with van der Waals surface area (Å²) < 4.78 is 36.4. The first-order valence-corrected chi connectivity index (χ1v) is 12.0. The molecule has 192 valence electrons. The Balaban J connectivity index is 1.54. The van der Waals surface area contributed by atoms with Crippen molar-refractivity contribution in [1.82, 2.24) is 34.4 Å². The average molecular weight is 508 g/mol. The highest BCUT2D eigenvalue weighted by Gasteiger charge is 2.36. The largest absolute Gasteiger partial charge is 0.482 e. The van der Waals surface area contributed by atoms with Crippen LogP contribution in [0, 0.1) is 6.92 Å². The summed E-state index contributed by atoms with van der Waals surface area (Å²) in [6, 6.07) is 8.72. The fourth-order valence-electron chi connectivity index (χ4n) is 4.98. The summed E-state index contributed by atoms with van der Waals surface area (Å²) in [7, 11) is 0. The highest BCUT2D eigenvalue weighted by molar-refractivity contribution is 5.88. The van der Waals surface area contributed by atoms with Gasteiger partial charge in [0.25, 0.3) is 0 Å². The van der Waals surface area contributed by atoms with Crippen LogP contribution in [-0.4, -0.2) is 52.9 Å². The molecule has 3 atom stereocenters. The summed E-state index contributed by atoms with van der Waals surface area (Å²) in [5.41, 5.74) is 3.23. The maximum Gasteiger partial charge on any atom is 0.320 e. The molecule has 4 heterocycles. The van der Waals surface area contributed by atoms with Gasteiger partial charge in [-0.25, -0.2) is 9.67 Å². The molecule has 37 heavy (non-hydrogen) atoms. The number of carbonyl (C=O) groups excluding carboxylic acids is 1. The molecule has 0 spiro atoms. The number of aromatic nitrogens is 6. The second-order valence-corrected chi connectivity index (χ2v) is 9.09. The lowest BCUT2D eigenvalue weighted by atomic mass is 10.1. The zero-order chi connectivity index (χ0) is 26.3. The van der Waals surface area contributed by atoms with Gasteiger partial charge in [-0.1, -0.05) is 17.9 Å². The van der Waals surface area contributed by atoms with Crippen LogP contribution < -0.4 is 4.74 Å². The van der Waals surface area contributed by atoms with Crippen LogP contribution >= 0.6 is 0 Å². The number of hydrogen-bond donors (Lipinski definition) is 0. The second-order valence-electron chi connectivity index (χ2n) is 9.09. The van der Waals surface area contributed by atoms with Crippen LogP contribution in [0.25, 0.3) is 22.3 Å². The summed E-state index contributed by atoms with van der Waals surface area (Å²) in [6.45, 7) is 7.10. The van der Waals surface area contributed by atoms with E-state index in [1.165, 1.54) is 6.08 Å². The smallest absolute Gasteiger partial charge is 0.320 e. The Kier molecular flexibility index (Phi) is 6.45. The Morgan fingerprint density at radius 3 is 2.78 bits per heavy atom. The number of nitrogens with zero attached hydrogens (tertiary/aromatic N) is 7. The first-order chi connectivity index (χ1) is 17.8. The molecule has 5 rings (SSSR count). The minimum atomic E-state index is -2.78. The van der Waals surface area contributed by atoms with Crippen LogP contribution in [0.2, 0.25) is 0 Å². The van der Waals surface area contributed by atoms with E-state index in [0.29, 0.717) is 29.0 Å². The summed E-state index contributed by atoms with van der Waals surface area (Å²) >= 11 is 0. The minimum Gasteiger partial charge on any atom is -0.482 e. The van der Waals surface area contributed by atoms with Crippen LogP contribution in [0.3, 0.4) is 0 Å². The topological polar surface area (TPSA) is 91.0 Å². The number of carbonyl (C=O) groups is 1. The van der Waals surface area contributed by atoms with Crippen molar-refractivity contribution in [3.8, 4) is 17.0 Å². The van der Waals surface area contributed by atoms with Crippen molar-refractivity contribution >= 4 is 16.9 Å². The lowest BCUT2D eigenvalue weighted by Crippen LogP contribution is -2.35. The number of benzene rings is 1. The number of likely N-dealkylation sites (tertiary alicyclic amines) is 1. The van der Waals surface area contributed by atoms with E-state index >= 15 is 0 Å². The normalized spacial score (nSPS) is 18.5. The van der Waals surface area contributed by atoms with Crippen LogP contribution in [0.15, 0.2) is 55.5 Å². The fraction of sp³-hybridized carbons (Fsp3) is 0.346. The number of hydrogen-bond acceptors (Lipinski definition) is 6. The van der Waals surface area contributed by atoms with E-state index < -0.39 is 12.7 Å². The Morgan fingerprint density at radius 2 is 2.08 bits per heavy atom. The predicted octanol–water partition coefficient (Wildman–Crippen LogP) is 4.88. The molecule has 9 nitrogen and oxygen atoms in total. The molecule has 1 fully saturated rings. The van der Waals surface area contributed by atoms with Gasteiger partial charge in [0, 0.05) is 18.3 Å². The number of imidazole rings is 1. The number of fused-ring (bicyclic) bond motifs is 1. The molecule has 1 aromatic carbocycles. The Bertz CT molecular complexity index is 1450. The first kappa shape index (κ1) is 24.5. The predicted molar refractivity (Wildman–Crippen MR) is 133 cm³/mol. The van der Waals surface area contributed by atoms with Crippen LogP contribution in [-0.2, 0) is 4.79 Å². The third kappa shape index (κ3) is 4.34. The SMILES string of the molecule is C=CC(=O)N1CC[C@H](n2nnc(-c3cc(O[C@H](C)c4ccccn4)c4c(c3)ncn4C(F)F)c2C)[C@H]1C. The Hall–Kier alpha value is -4.15. The lowest BCUT2D eigenvalue weighted by molar-refractivity contribution is -0.126. The minimum absolute atomic E-state index is 0.0492. The molecule has 0 radical (unpaired) electrons. The van der Waals surface area contributed by atoms with E-state index in [0.717, 1.165) is 23.0 Å². The quantitative estimate of drug-likeness (QED) is 0.331. The zero-order valence-electron chi connectivity index (χ0n) is 20.8. The summed E-state index contributed by atoms with van der Waals surface area (Å²) in [4.78, 5) is 22.5. The third-order valence-corrected chi connectivity index (χ3v) is 6.94. The summed E-state index contributed by atoms with van der Waals surface area (Å²) in [6.07, 6.45) is 4.31. The molecule has 4 aromatic rings. The van der Waals surface area contributed by atoms with Gasteiger partial charge in [0.1, 0.15) is 29.4 Å². The number of pyridine rings is 1. The van der Waals surface area contributed by atoms with Gasteiger partial charge in [-0.05, 0) is 57.5 Å². The van der Waals surface area contributed by atoms with Gasteiger partial charge in [-0.2, -0.15) is 8.78 Å². The molecule has 0 saturated carbocycles. The van der Waals surface area contributed by atoms with Crippen LogP contribution in [0.4, 0.5) is 8.78 Å². The standard InChI is InChI=1S/C26H27F2N7O2/c1-5-23(36)33-11-9-21(15(33)2)35-16(3)24(31-32-35)18-12-20-25(34(14-30-20)26(27)28)22(13-18)37-17(4)19-8-6-7-10-29-19/h5-8,10,12-15,17,21,26H,1,9,11H2,2-4H3/t15-,17-,21+/m1/s1. The molecule has 11 heteroatoms. The molecule has 1 amide bonds. The van der Waals surface area contributed by atoms with Crippen molar-refractivity contribution in [3.05, 3.63) is 66.9 Å². The maximum absolute atomic E-state index is 13.8. The van der Waals surface area contributed by atoms with Crippen LogP contribution in [0.5, 0.6) is 5.75 Å². The van der Waals surface area contributed by atoms with E-state index in [4.69, 9.17) is 4.74 Å². The van der Waals surface area contributed by atoms with Gasteiger partial charge in [0.2, 0.25) is 5.91 Å². The lowest BCUT2D eigenvalue weighted by Gasteiger charge is -2.24. The number of rotatable bonds is 7. The second kappa shape index (κ2) is 9.72. The van der Waals surface area contributed by atoms with Crippen molar-refractivity contribution < 1.29 is 18.3 Å². The van der Waals surface area contributed by atoms with Gasteiger partial charge >= 0.3 is 6.55 Å². The molecule has 3 aromatic heterocycles. The van der Waals surface area contributed by atoms with Crippen molar-refractivity contribution in [2.45, 2.75) is 51.9 Å². The van der Waals surface area contributed by atoms with Crippen molar-refractivity contribution in [3.63, 3.8) is 0 Å². The van der Waals surface area contributed by atoms with Crippen molar-refractivity contribution in [2.75, 3.05) is 6.54 Å². The van der Waals surface area contributed by atoms with Crippen molar-refractivity contribution in [2.24, 2.45) is 0 Å². The average Bonchev–Trinajstić information content (AvgIpc) is 3.60. The Morgan fingerprint density at radius 1 is 1.27 bits per heavy atom. The number of amides is 1. The molecule has 0 N–H and O–H groups in total. The highest BCUT2D eigenvalue weighted by atomic mass is 19.3. The van der Waals surface area contributed by atoms with E-state index in [2.05, 4.69) is 26.9 Å². The van der Waals surface area contributed by atoms with Gasteiger partial charge in [-0.15, -0.1) is 5.10 Å². The summed E-state index contributed by atoms with van der Waals surface area (Å²) in [5, 5.41) is 8.82. The number of halogens is 2. The molecule has 1 aliphatic rings. The molecule has 0 bridgehead atoms. The molecule has 0 unspecified atom stereocenters. The van der Waals surface area contributed by atoms with E-state index in [1.807, 2.05) is 37.6 Å². The monoisotopic (exact) mass is 507 g/mol.